The van der Waals surface area contributed by atoms with Gasteiger partial charge in [-0.3, -0.25) is 4.79 Å². The van der Waals surface area contributed by atoms with Crippen molar-refractivity contribution in [3.8, 4) is 11.4 Å². The maximum absolute atomic E-state index is 13.5. The molecule has 146 valence electrons. The summed E-state index contributed by atoms with van der Waals surface area (Å²) in [5.74, 6) is 6.12. The highest BCUT2D eigenvalue weighted by molar-refractivity contribution is 8.00. The largest absolute Gasteiger partial charge is 0.342 e. The molecule has 0 aliphatic heterocycles. The molecular formula is C20H22FN5OS. The van der Waals surface area contributed by atoms with E-state index < -0.39 is 5.25 Å². The number of likely N-dealkylation sites (N-methyl/N-ethyl adjacent to an activating group) is 1. The van der Waals surface area contributed by atoms with Gasteiger partial charge in [0.15, 0.2) is 5.82 Å². The summed E-state index contributed by atoms with van der Waals surface area (Å²) >= 11 is 1.23. The summed E-state index contributed by atoms with van der Waals surface area (Å²) in [6.07, 6.45) is 0. The van der Waals surface area contributed by atoms with Gasteiger partial charge in [0, 0.05) is 18.7 Å². The number of carbonyl (C=O) groups excluding carboxylic acids is 1. The van der Waals surface area contributed by atoms with Crippen molar-refractivity contribution in [2.45, 2.75) is 24.3 Å². The van der Waals surface area contributed by atoms with E-state index in [-0.39, 0.29) is 11.7 Å². The molecule has 8 heteroatoms. The lowest BCUT2D eigenvalue weighted by Gasteiger charge is -2.24. The smallest absolute Gasteiger partial charge is 0.240 e. The zero-order valence-corrected chi connectivity index (χ0v) is 16.6. The summed E-state index contributed by atoms with van der Waals surface area (Å²) < 4.78 is 14.8. The van der Waals surface area contributed by atoms with E-state index >= 15 is 0 Å². The van der Waals surface area contributed by atoms with E-state index in [2.05, 4.69) is 10.2 Å². The number of halogens is 1. The first-order valence-electron chi connectivity index (χ1n) is 9.02. The van der Waals surface area contributed by atoms with Gasteiger partial charge in [-0.1, -0.05) is 54.2 Å². The van der Waals surface area contributed by atoms with E-state index in [0.717, 1.165) is 5.56 Å². The molecule has 1 aromatic heterocycles. The Labute approximate surface area is 167 Å². The second-order valence-corrected chi connectivity index (χ2v) is 7.18. The minimum atomic E-state index is -0.507. The molecule has 2 aromatic carbocycles. The first kappa shape index (κ1) is 19.9. The van der Waals surface area contributed by atoms with Gasteiger partial charge in [0.05, 0.1) is 0 Å². The molecule has 2 N–H and O–H groups in total. The SMILES string of the molecule is CCN(CC)C(=O)[C@H](Sc1nnc(-c2cccc(F)c2)n1N)c1ccccc1. The molecule has 0 aliphatic carbocycles. The predicted molar refractivity (Wildman–Crippen MR) is 109 cm³/mol. The third kappa shape index (κ3) is 4.17. The lowest BCUT2D eigenvalue weighted by Crippen LogP contribution is -2.34. The van der Waals surface area contributed by atoms with Crippen molar-refractivity contribution in [2.75, 3.05) is 18.9 Å². The molecule has 0 saturated carbocycles. The normalized spacial score (nSPS) is 12.0. The van der Waals surface area contributed by atoms with Gasteiger partial charge in [-0.15, -0.1) is 10.2 Å². The topological polar surface area (TPSA) is 77.0 Å². The van der Waals surface area contributed by atoms with Crippen LogP contribution in [0.25, 0.3) is 11.4 Å². The zero-order valence-electron chi connectivity index (χ0n) is 15.7. The van der Waals surface area contributed by atoms with Crippen LogP contribution in [0.2, 0.25) is 0 Å². The highest BCUT2D eigenvalue weighted by Gasteiger charge is 2.28. The maximum atomic E-state index is 13.5. The fraction of sp³-hybridized carbons (Fsp3) is 0.250. The lowest BCUT2D eigenvalue weighted by atomic mass is 10.1. The Kier molecular flexibility index (Phi) is 6.30. The summed E-state index contributed by atoms with van der Waals surface area (Å²) in [6, 6.07) is 15.5. The van der Waals surface area contributed by atoms with Crippen LogP contribution in [0, 0.1) is 5.82 Å². The van der Waals surface area contributed by atoms with Gasteiger partial charge in [0.25, 0.3) is 0 Å². The highest BCUT2D eigenvalue weighted by atomic mass is 32.2. The molecule has 3 rings (SSSR count). The van der Waals surface area contributed by atoms with Crippen molar-refractivity contribution < 1.29 is 9.18 Å². The molecule has 1 amide bonds. The Hall–Kier alpha value is -2.87. The van der Waals surface area contributed by atoms with E-state index in [1.807, 2.05) is 44.2 Å². The number of nitrogens with two attached hydrogens (primary N) is 1. The van der Waals surface area contributed by atoms with E-state index in [1.54, 1.807) is 17.0 Å². The van der Waals surface area contributed by atoms with Crippen LogP contribution < -0.4 is 5.84 Å². The van der Waals surface area contributed by atoms with Gasteiger partial charge in [-0.05, 0) is 31.5 Å². The first-order chi connectivity index (χ1) is 13.5. The molecule has 0 spiro atoms. The molecule has 3 aromatic rings. The van der Waals surface area contributed by atoms with Crippen molar-refractivity contribution in [1.29, 1.82) is 0 Å². The maximum Gasteiger partial charge on any atom is 0.240 e. The number of amides is 1. The Morgan fingerprint density at radius 2 is 1.86 bits per heavy atom. The van der Waals surface area contributed by atoms with E-state index in [1.165, 1.54) is 28.6 Å². The number of rotatable bonds is 7. The molecule has 0 unspecified atom stereocenters. The standard InChI is InChI=1S/C20H22FN5OS/c1-3-25(4-2)19(27)17(14-9-6-5-7-10-14)28-20-24-23-18(26(20)22)15-11-8-12-16(21)13-15/h5-13,17H,3-4,22H2,1-2H3/t17-/m1/s1. The van der Waals surface area contributed by atoms with Crippen LogP contribution in [-0.2, 0) is 4.79 Å². The van der Waals surface area contributed by atoms with Crippen LogP contribution in [0.3, 0.4) is 0 Å². The Bertz CT molecular complexity index is 943. The molecule has 0 bridgehead atoms. The summed E-state index contributed by atoms with van der Waals surface area (Å²) in [5.41, 5.74) is 1.38. The minimum Gasteiger partial charge on any atom is -0.342 e. The second kappa shape index (κ2) is 8.88. The van der Waals surface area contributed by atoms with Crippen molar-refractivity contribution in [3.63, 3.8) is 0 Å². The number of hydrogen-bond donors (Lipinski definition) is 1. The molecular weight excluding hydrogens is 377 g/mol. The van der Waals surface area contributed by atoms with Crippen molar-refractivity contribution in [1.82, 2.24) is 19.8 Å². The van der Waals surface area contributed by atoms with Crippen LogP contribution in [0.4, 0.5) is 4.39 Å². The van der Waals surface area contributed by atoms with Gasteiger partial charge >= 0.3 is 0 Å². The number of benzene rings is 2. The van der Waals surface area contributed by atoms with Crippen LogP contribution in [0.5, 0.6) is 0 Å². The number of nitrogen functional groups attached to an aromatic ring is 1. The zero-order chi connectivity index (χ0) is 20.1. The van der Waals surface area contributed by atoms with Crippen LogP contribution in [0.1, 0.15) is 24.7 Å². The summed E-state index contributed by atoms with van der Waals surface area (Å²) in [4.78, 5) is 14.9. The van der Waals surface area contributed by atoms with Crippen LogP contribution in [-0.4, -0.2) is 38.8 Å². The Morgan fingerprint density at radius 1 is 1.14 bits per heavy atom. The van der Waals surface area contributed by atoms with Crippen LogP contribution >= 0.6 is 11.8 Å². The summed E-state index contributed by atoms with van der Waals surface area (Å²) in [5, 5.41) is 8.11. The molecule has 0 fully saturated rings. The number of aromatic nitrogens is 3. The fourth-order valence-electron chi connectivity index (χ4n) is 2.88. The first-order valence-corrected chi connectivity index (χ1v) is 9.89. The number of thioether (sulfide) groups is 1. The molecule has 28 heavy (non-hydrogen) atoms. The Balaban J connectivity index is 1.94. The highest BCUT2D eigenvalue weighted by Crippen LogP contribution is 2.36. The Morgan fingerprint density at radius 3 is 2.50 bits per heavy atom. The van der Waals surface area contributed by atoms with E-state index in [0.29, 0.717) is 29.6 Å². The molecule has 1 atom stereocenters. The molecule has 0 saturated heterocycles. The monoisotopic (exact) mass is 399 g/mol. The van der Waals surface area contributed by atoms with Gasteiger partial charge in [0.1, 0.15) is 11.1 Å². The number of hydrogen-bond acceptors (Lipinski definition) is 5. The summed E-state index contributed by atoms with van der Waals surface area (Å²) in [6.45, 7) is 5.12. The minimum absolute atomic E-state index is 0.0171. The van der Waals surface area contributed by atoms with Crippen molar-refractivity contribution in [3.05, 3.63) is 66.0 Å². The second-order valence-electron chi connectivity index (χ2n) is 6.11. The number of carbonyl (C=O) groups is 1. The molecule has 6 nitrogen and oxygen atoms in total. The summed E-state index contributed by atoms with van der Waals surface area (Å²) in [7, 11) is 0. The van der Waals surface area contributed by atoms with Crippen molar-refractivity contribution >= 4 is 17.7 Å². The van der Waals surface area contributed by atoms with Gasteiger partial charge in [-0.25, -0.2) is 9.07 Å². The molecule has 0 aliphatic rings. The molecule has 0 radical (unpaired) electrons. The quantitative estimate of drug-likeness (QED) is 0.486. The average Bonchev–Trinajstić information content (AvgIpc) is 3.08. The van der Waals surface area contributed by atoms with Gasteiger partial charge in [0.2, 0.25) is 11.1 Å². The number of nitrogens with zero attached hydrogens (tertiary/aromatic N) is 4. The third-order valence-corrected chi connectivity index (χ3v) is 5.57. The lowest BCUT2D eigenvalue weighted by molar-refractivity contribution is -0.130. The van der Waals surface area contributed by atoms with Gasteiger partial charge in [-0.2, -0.15) is 0 Å². The van der Waals surface area contributed by atoms with Gasteiger partial charge < -0.3 is 10.7 Å². The van der Waals surface area contributed by atoms with Crippen molar-refractivity contribution in [2.24, 2.45) is 0 Å². The van der Waals surface area contributed by atoms with Crippen LogP contribution in [0.15, 0.2) is 59.8 Å². The average molecular weight is 399 g/mol. The fourth-order valence-corrected chi connectivity index (χ4v) is 3.92. The third-order valence-electron chi connectivity index (χ3n) is 4.37. The van der Waals surface area contributed by atoms with E-state index in [4.69, 9.17) is 5.84 Å². The van der Waals surface area contributed by atoms with E-state index in [9.17, 15) is 9.18 Å². The predicted octanol–water partition coefficient (Wildman–Crippen LogP) is 3.50. The molecule has 1 heterocycles.